The van der Waals surface area contributed by atoms with Gasteiger partial charge in [0.05, 0.1) is 10.6 Å². The molecular weight excluding hydrogens is 388 g/mol. The quantitative estimate of drug-likeness (QED) is 0.829. The Balaban J connectivity index is 1.70. The summed E-state index contributed by atoms with van der Waals surface area (Å²) < 4.78 is 6.21. The lowest BCUT2D eigenvalue weighted by Crippen LogP contribution is -2.49. The van der Waals surface area contributed by atoms with Crippen LogP contribution < -0.4 is 10.1 Å². The number of nitrogens with one attached hydrogen (secondary N) is 1. The van der Waals surface area contributed by atoms with Crippen LogP contribution in [0.1, 0.15) is 57.2 Å². The number of carbonyl (C=O) groups excluding carboxylic acids is 2. The standard InChI is InChI=1S/C23H25ClN2O3/c1-13-10-18-8-9-26(13)23(28)19-12-17(14(2)20(24)21(19)29-18)11-15-4-6-16(7-5-15)22(27)25-3/h4-7,12-13,18H,8-11H2,1-3H3,(H,25,27)/t13-,18-/m1/s1. The highest BCUT2D eigenvalue weighted by atomic mass is 35.5. The largest absolute Gasteiger partial charge is 0.488 e. The molecule has 2 amide bonds. The molecule has 2 aromatic rings. The summed E-state index contributed by atoms with van der Waals surface area (Å²) in [5.41, 5.74) is 4.13. The molecule has 2 aromatic carbocycles. The third kappa shape index (κ3) is 3.60. The number of nitrogens with zero attached hydrogens (tertiary/aromatic N) is 1. The Bertz CT molecular complexity index is 971. The molecule has 0 saturated carbocycles. The summed E-state index contributed by atoms with van der Waals surface area (Å²) in [6.07, 6.45) is 2.39. The van der Waals surface area contributed by atoms with Crippen LogP contribution in [0.15, 0.2) is 30.3 Å². The number of amides is 2. The third-order valence-electron chi connectivity index (χ3n) is 6.02. The van der Waals surface area contributed by atoms with Crippen molar-refractivity contribution in [1.82, 2.24) is 10.2 Å². The van der Waals surface area contributed by atoms with Crippen molar-refractivity contribution >= 4 is 23.4 Å². The first-order valence-corrected chi connectivity index (χ1v) is 10.4. The van der Waals surface area contributed by atoms with E-state index in [1.807, 2.05) is 30.0 Å². The summed E-state index contributed by atoms with van der Waals surface area (Å²) in [7, 11) is 1.61. The lowest BCUT2D eigenvalue weighted by Gasteiger charge is -2.41. The van der Waals surface area contributed by atoms with Crippen LogP contribution in [-0.4, -0.2) is 42.5 Å². The van der Waals surface area contributed by atoms with Gasteiger partial charge in [-0.2, -0.15) is 0 Å². The molecule has 5 nitrogen and oxygen atoms in total. The van der Waals surface area contributed by atoms with Gasteiger partial charge in [0.15, 0.2) is 5.75 Å². The Morgan fingerprint density at radius 3 is 2.69 bits per heavy atom. The van der Waals surface area contributed by atoms with E-state index in [1.54, 1.807) is 19.2 Å². The van der Waals surface area contributed by atoms with Crippen LogP contribution in [0.25, 0.3) is 0 Å². The van der Waals surface area contributed by atoms with Crippen molar-refractivity contribution in [3.8, 4) is 5.75 Å². The first-order chi connectivity index (χ1) is 13.9. The summed E-state index contributed by atoms with van der Waals surface area (Å²) in [4.78, 5) is 26.9. The van der Waals surface area contributed by atoms with E-state index >= 15 is 0 Å². The van der Waals surface area contributed by atoms with Crippen molar-refractivity contribution in [2.24, 2.45) is 0 Å². The average Bonchev–Trinajstić information content (AvgIpc) is 2.72. The molecule has 6 heteroatoms. The summed E-state index contributed by atoms with van der Waals surface area (Å²) >= 11 is 6.68. The van der Waals surface area contributed by atoms with Crippen molar-refractivity contribution in [3.05, 3.63) is 63.2 Å². The van der Waals surface area contributed by atoms with Crippen molar-refractivity contribution in [1.29, 1.82) is 0 Å². The molecule has 0 aliphatic carbocycles. The third-order valence-corrected chi connectivity index (χ3v) is 6.47. The Hall–Kier alpha value is -2.53. The molecule has 0 aromatic heterocycles. The van der Waals surface area contributed by atoms with E-state index in [-0.39, 0.29) is 24.0 Å². The second-order valence-corrected chi connectivity index (χ2v) is 8.29. The number of halogens is 1. The van der Waals surface area contributed by atoms with E-state index in [1.165, 1.54) is 0 Å². The molecule has 2 bridgehead atoms. The van der Waals surface area contributed by atoms with Crippen molar-refractivity contribution in [2.75, 3.05) is 13.6 Å². The highest BCUT2D eigenvalue weighted by Crippen LogP contribution is 2.40. The van der Waals surface area contributed by atoms with Crippen molar-refractivity contribution in [3.63, 3.8) is 0 Å². The first kappa shape index (κ1) is 19.8. The molecule has 152 valence electrons. The summed E-state index contributed by atoms with van der Waals surface area (Å²) in [6.45, 7) is 4.75. The molecule has 0 spiro atoms. The SMILES string of the molecule is CNC(=O)c1ccc(Cc2cc3c(c(Cl)c2C)O[C@@H]2CCN(C3=O)[C@H](C)C2)cc1. The number of fused-ring (bicyclic) bond motifs is 2. The normalized spacial score (nSPS) is 20.6. The molecule has 1 saturated heterocycles. The van der Waals surface area contributed by atoms with Gasteiger partial charge in [-0.25, -0.2) is 0 Å². The maximum Gasteiger partial charge on any atom is 0.257 e. The van der Waals surface area contributed by atoms with Gasteiger partial charge in [0.25, 0.3) is 11.8 Å². The van der Waals surface area contributed by atoms with Gasteiger partial charge in [0.2, 0.25) is 0 Å². The second kappa shape index (κ2) is 7.71. The molecule has 3 aliphatic heterocycles. The molecule has 1 fully saturated rings. The van der Waals surface area contributed by atoms with Crippen LogP contribution >= 0.6 is 11.6 Å². The van der Waals surface area contributed by atoms with Crippen LogP contribution in [-0.2, 0) is 6.42 Å². The topological polar surface area (TPSA) is 58.6 Å². The van der Waals surface area contributed by atoms with E-state index in [2.05, 4.69) is 12.2 Å². The summed E-state index contributed by atoms with van der Waals surface area (Å²) in [6, 6.07) is 9.56. The molecule has 29 heavy (non-hydrogen) atoms. The number of carbonyl (C=O) groups is 2. The highest BCUT2D eigenvalue weighted by Gasteiger charge is 2.36. The van der Waals surface area contributed by atoms with Gasteiger partial charge in [-0.1, -0.05) is 23.7 Å². The lowest BCUT2D eigenvalue weighted by atomic mass is 9.93. The number of ether oxygens (including phenoxy) is 1. The van der Waals surface area contributed by atoms with Crippen LogP contribution in [0.5, 0.6) is 5.75 Å². The fraction of sp³-hybridized carbons (Fsp3) is 0.391. The number of benzene rings is 2. The molecule has 1 N–H and O–H groups in total. The molecule has 2 atom stereocenters. The number of hydrogen-bond acceptors (Lipinski definition) is 3. The minimum atomic E-state index is -0.113. The number of rotatable bonds is 3. The summed E-state index contributed by atoms with van der Waals surface area (Å²) in [5.74, 6) is 0.399. The van der Waals surface area contributed by atoms with Crippen LogP contribution in [0.2, 0.25) is 5.02 Å². The molecule has 3 aliphatic rings. The average molecular weight is 413 g/mol. The van der Waals surface area contributed by atoms with E-state index in [0.717, 1.165) is 29.5 Å². The van der Waals surface area contributed by atoms with Gasteiger partial charge in [-0.3, -0.25) is 9.59 Å². The van der Waals surface area contributed by atoms with E-state index in [0.29, 0.717) is 34.9 Å². The van der Waals surface area contributed by atoms with Gasteiger partial charge >= 0.3 is 0 Å². The van der Waals surface area contributed by atoms with Crippen molar-refractivity contribution in [2.45, 2.75) is 45.3 Å². The number of hydrogen-bond donors (Lipinski definition) is 1. The highest BCUT2D eigenvalue weighted by molar-refractivity contribution is 6.33. The maximum atomic E-state index is 13.2. The predicted molar refractivity (Wildman–Crippen MR) is 113 cm³/mol. The first-order valence-electron chi connectivity index (χ1n) is 9.99. The molecule has 5 rings (SSSR count). The minimum Gasteiger partial charge on any atom is -0.488 e. The van der Waals surface area contributed by atoms with E-state index in [9.17, 15) is 9.59 Å². The zero-order chi connectivity index (χ0) is 20.7. The summed E-state index contributed by atoms with van der Waals surface area (Å²) in [5, 5.41) is 3.14. The van der Waals surface area contributed by atoms with Gasteiger partial charge in [-0.15, -0.1) is 0 Å². The Morgan fingerprint density at radius 2 is 2.03 bits per heavy atom. The zero-order valence-corrected chi connectivity index (χ0v) is 17.7. The fourth-order valence-electron chi connectivity index (χ4n) is 4.23. The predicted octanol–water partition coefficient (Wildman–Crippen LogP) is 3.98. The monoisotopic (exact) mass is 412 g/mol. The molecule has 0 unspecified atom stereocenters. The molecular formula is C23H25ClN2O3. The van der Waals surface area contributed by atoms with Crippen LogP contribution in [0, 0.1) is 6.92 Å². The Morgan fingerprint density at radius 1 is 1.31 bits per heavy atom. The lowest BCUT2D eigenvalue weighted by molar-refractivity contribution is 0.0349. The zero-order valence-electron chi connectivity index (χ0n) is 16.9. The van der Waals surface area contributed by atoms with Gasteiger partial charge < -0.3 is 15.0 Å². The van der Waals surface area contributed by atoms with Gasteiger partial charge in [0, 0.05) is 38.0 Å². The Labute approximate surface area is 176 Å². The van der Waals surface area contributed by atoms with Gasteiger partial charge in [0.1, 0.15) is 6.10 Å². The van der Waals surface area contributed by atoms with Crippen LogP contribution in [0.4, 0.5) is 0 Å². The number of piperidine rings is 1. The Kier molecular flexibility index (Phi) is 5.26. The van der Waals surface area contributed by atoms with Gasteiger partial charge in [-0.05, 0) is 55.2 Å². The second-order valence-electron chi connectivity index (χ2n) is 7.92. The van der Waals surface area contributed by atoms with Crippen molar-refractivity contribution < 1.29 is 14.3 Å². The minimum absolute atomic E-state index is 0.0104. The molecule has 0 radical (unpaired) electrons. The van der Waals surface area contributed by atoms with E-state index < -0.39 is 0 Å². The fourth-order valence-corrected chi connectivity index (χ4v) is 4.50. The van der Waals surface area contributed by atoms with Crippen LogP contribution in [0.3, 0.4) is 0 Å². The molecule has 3 heterocycles. The maximum absolute atomic E-state index is 13.2. The smallest absolute Gasteiger partial charge is 0.257 e. The van der Waals surface area contributed by atoms with E-state index in [4.69, 9.17) is 16.3 Å².